The zero-order valence-electron chi connectivity index (χ0n) is 16.5. The summed E-state index contributed by atoms with van der Waals surface area (Å²) in [4.78, 5) is 14.9. The third-order valence-corrected chi connectivity index (χ3v) is 5.53. The molecule has 156 valence electrons. The number of benzene rings is 3. The van der Waals surface area contributed by atoms with Crippen LogP contribution >= 0.6 is 0 Å². The van der Waals surface area contributed by atoms with Gasteiger partial charge in [0.25, 0.3) is 0 Å². The second-order valence-corrected chi connectivity index (χ2v) is 7.64. The fourth-order valence-corrected chi connectivity index (χ4v) is 4.04. The molecule has 1 saturated heterocycles. The molecule has 0 aliphatic carbocycles. The van der Waals surface area contributed by atoms with Crippen LogP contribution in [0, 0.1) is 0 Å². The number of rotatable bonds is 4. The van der Waals surface area contributed by atoms with Crippen LogP contribution in [0.4, 0.5) is 24.5 Å². The largest absolute Gasteiger partial charge is 0.416 e. The first-order valence-corrected chi connectivity index (χ1v) is 10.1. The van der Waals surface area contributed by atoms with Gasteiger partial charge in [-0.3, -0.25) is 4.79 Å². The smallest absolute Gasteiger partial charge is 0.370 e. The van der Waals surface area contributed by atoms with Crippen LogP contribution in [0.15, 0.2) is 60.7 Å². The molecule has 0 saturated carbocycles. The van der Waals surface area contributed by atoms with Crippen LogP contribution in [0.1, 0.15) is 30.4 Å². The van der Waals surface area contributed by atoms with Gasteiger partial charge in [-0.1, -0.05) is 42.5 Å². The minimum atomic E-state index is -4.46. The maximum Gasteiger partial charge on any atom is 0.416 e. The lowest BCUT2D eigenvalue weighted by Crippen LogP contribution is -2.30. The van der Waals surface area contributed by atoms with E-state index in [9.17, 15) is 18.0 Å². The quantitative estimate of drug-likeness (QED) is 0.567. The van der Waals surface area contributed by atoms with Gasteiger partial charge in [0, 0.05) is 13.1 Å². The topological polar surface area (TPSA) is 32.3 Å². The number of piperidine rings is 1. The van der Waals surface area contributed by atoms with Crippen LogP contribution in [-0.4, -0.2) is 19.0 Å². The summed E-state index contributed by atoms with van der Waals surface area (Å²) in [6, 6.07) is 17.1. The zero-order valence-corrected chi connectivity index (χ0v) is 16.5. The molecule has 3 aromatic carbocycles. The molecule has 0 radical (unpaired) electrons. The summed E-state index contributed by atoms with van der Waals surface area (Å²) in [7, 11) is 0. The Morgan fingerprint density at radius 1 is 0.933 bits per heavy atom. The van der Waals surface area contributed by atoms with Gasteiger partial charge >= 0.3 is 6.18 Å². The summed E-state index contributed by atoms with van der Waals surface area (Å²) in [5.74, 6) is -0.330. The lowest BCUT2D eigenvalue weighted by atomic mass is 10.0. The number of hydrogen-bond acceptors (Lipinski definition) is 2. The third kappa shape index (κ3) is 4.42. The Kier molecular flexibility index (Phi) is 5.66. The molecule has 4 rings (SSSR count). The van der Waals surface area contributed by atoms with Crippen LogP contribution in [0.2, 0.25) is 0 Å². The number of fused-ring (bicyclic) bond motifs is 1. The number of nitrogens with zero attached hydrogens (tertiary/aromatic N) is 1. The second-order valence-electron chi connectivity index (χ2n) is 7.64. The van der Waals surface area contributed by atoms with E-state index < -0.39 is 11.7 Å². The van der Waals surface area contributed by atoms with Gasteiger partial charge in [-0.2, -0.15) is 13.2 Å². The predicted molar refractivity (Wildman–Crippen MR) is 114 cm³/mol. The lowest BCUT2D eigenvalue weighted by molar-refractivity contribution is -0.137. The molecule has 1 aliphatic rings. The highest BCUT2D eigenvalue weighted by atomic mass is 19.4. The Balaban J connectivity index is 1.62. The fraction of sp³-hybridized carbons (Fsp3) is 0.292. The summed E-state index contributed by atoms with van der Waals surface area (Å²) in [6.07, 6.45) is -1.28. The van der Waals surface area contributed by atoms with E-state index in [0.29, 0.717) is 5.69 Å². The van der Waals surface area contributed by atoms with Gasteiger partial charge in [-0.05, 0) is 53.8 Å². The Morgan fingerprint density at radius 3 is 2.43 bits per heavy atom. The van der Waals surface area contributed by atoms with Crippen molar-refractivity contribution < 1.29 is 18.0 Å². The minimum Gasteiger partial charge on any atom is -0.370 e. The number of alkyl halides is 3. The van der Waals surface area contributed by atoms with Crippen molar-refractivity contribution in [1.82, 2.24) is 0 Å². The summed E-state index contributed by atoms with van der Waals surface area (Å²) in [6.45, 7) is 1.55. The third-order valence-electron chi connectivity index (χ3n) is 5.53. The Morgan fingerprint density at radius 2 is 1.67 bits per heavy atom. The monoisotopic (exact) mass is 412 g/mol. The van der Waals surface area contributed by atoms with Crippen LogP contribution < -0.4 is 10.2 Å². The van der Waals surface area contributed by atoms with Crippen molar-refractivity contribution >= 4 is 28.1 Å². The van der Waals surface area contributed by atoms with Gasteiger partial charge in [0.05, 0.1) is 23.4 Å². The van der Waals surface area contributed by atoms with Crippen molar-refractivity contribution in [1.29, 1.82) is 0 Å². The Hall–Kier alpha value is -3.02. The van der Waals surface area contributed by atoms with E-state index in [1.807, 2.05) is 42.5 Å². The van der Waals surface area contributed by atoms with Crippen LogP contribution in [-0.2, 0) is 17.4 Å². The fourth-order valence-electron chi connectivity index (χ4n) is 4.04. The van der Waals surface area contributed by atoms with Crippen molar-refractivity contribution in [2.45, 2.75) is 31.9 Å². The molecule has 3 nitrogen and oxygen atoms in total. The van der Waals surface area contributed by atoms with Crippen molar-refractivity contribution in [2.24, 2.45) is 0 Å². The van der Waals surface area contributed by atoms with E-state index in [1.165, 1.54) is 6.07 Å². The van der Waals surface area contributed by atoms with Gasteiger partial charge in [0.1, 0.15) is 0 Å². The second kappa shape index (κ2) is 8.38. The molecule has 3 aromatic rings. The summed E-state index contributed by atoms with van der Waals surface area (Å²) in [5, 5.41) is 4.74. The van der Waals surface area contributed by atoms with Gasteiger partial charge in [-0.25, -0.2) is 0 Å². The number of amides is 1. The van der Waals surface area contributed by atoms with Gasteiger partial charge in [-0.15, -0.1) is 0 Å². The van der Waals surface area contributed by atoms with Gasteiger partial charge in [0.15, 0.2) is 0 Å². The van der Waals surface area contributed by atoms with Crippen molar-refractivity contribution in [2.75, 3.05) is 23.3 Å². The number of carbonyl (C=O) groups is 1. The van der Waals surface area contributed by atoms with E-state index in [4.69, 9.17) is 0 Å². The number of anilines is 2. The first-order chi connectivity index (χ1) is 14.4. The van der Waals surface area contributed by atoms with Crippen molar-refractivity contribution in [3.05, 3.63) is 71.8 Å². The average Bonchev–Trinajstić information content (AvgIpc) is 2.74. The predicted octanol–water partition coefficient (Wildman–Crippen LogP) is 6.03. The molecule has 0 spiro atoms. The molecule has 1 amide bonds. The molecular weight excluding hydrogens is 389 g/mol. The Labute approximate surface area is 173 Å². The molecule has 30 heavy (non-hydrogen) atoms. The standard InChI is InChI=1S/C24H23F3N2O/c25-24(26,27)19-11-12-22(29-13-4-1-5-14-29)21(16-19)28-23(30)15-18-9-6-8-17-7-2-3-10-20(17)18/h2-3,6-12,16H,1,4-5,13-15H2,(H,28,30). The molecule has 1 fully saturated rings. The molecule has 1 heterocycles. The van der Waals surface area contributed by atoms with Crippen molar-refractivity contribution in [3.8, 4) is 0 Å². The molecule has 0 atom stereocenters. The first-order valence-electron chi connectivity index (χ1n) is 10.1. The van der Waals surface area contributed by atoms with Crippen LogP contribution in [0.3, 0.4) is 0 Å². The summed E-state index contributed by atoms with van der Waals surface area (Å²) >= 11 is 0. The zero-order chi connectivity index (χ0) is 21.1. The van der Waals surface area contributed by atoms with E-state index in [-0.39, 0.29) is 18.0 Å². The van der Waals surface area contributed by atoms with E-state index >= 15 is 0 Å². The highest BCUT2D eigenvalue weighted by molar-refractivity contribution is 5.98. The normalized spacial score (nSPS) is 14.7. The first kappa shape index (κ1) is 20.3. The molecule has 0 bridgehead atoms. The molecule has 6 heteroatoms. The maximum atomic E-state index is 13.3. The SMILES string of the molecule is O=C(Cc1cccc2ccccc12)Nc1cc(C(F)(F)F)ccc1N1CCCCC1. The molecule has 0 unspecified atom stereocenters. The molecular formula is C24H23F3N2O. The van der Waals surface area contributed by atoms with Crippen LogP contribution in [0.5, 0.6) is 0 Å². The maximum absolute atomic E-state index is 13.3. The van der Waals surface area contributed by atoms with E-state index in [1.54, 1.807) is 0 Å². The highest BCUT2D eigenvalue weighted by Gasteiger charge is 2.32. The highest BCUT2D eigenvalue weighted by Crippen LogP contribution is 2.36. The molecule has 1 aliphatic heterocycles. The summed E-state index contributed by atoms with van der Waals surface area (Å²) in [5.41, 5.74) is 0.951. The van der Waals surface area contributed by atoms with Gasteiger partial charge < -0.3 is 10.2 Å². The van der Waals surface area contributed by atoms with E-state index in [0.717, 1.165) is 60.8 Å². The number of carbonyl (C=O) groups excluding carboxylic acids is 1. The Bertz CT molecular complexity index is 1050. The van der Waals surface area contributed by atoms with E-state index in [2.05, 4.69) is 10.2 Å². The minimum absolute atomic E-state index is 0.0943. The molecule has 0 aromatic heterocycles. The lowest BCUT2D eigenvalue weighted by Gasteiger charge is -2.31. The molecule has 1 N–H and O–H groups in total. The number of nitrogens with one attached hydrogen (secondary N) is 1. The van der Waals surface area contributed by atoms with Crippen molar-refractivity contribution in [3.63, 3.8) is 0 Å². The van der Waals surface area contributed by atoms with Crippen LogP contribution in [0.25, 0.3) is 10.8 Å². The average molecular weight is 412 g/mol. The summed E-state index contributed by atoms with van der Waals surface area (Å²) < 4.78 is 39.8. The number of halogens is 3. The number of hydrogen-bond donors (Lipinski definition) is 1. The van der Waals surface area contributed by atoms with Gasteiger partial charge in [0.2, 0.25) is 5.91 Å².